The SMILES string of the molecule is CC(Oc1ccc(F)cc1Cl)C(=O)NC(CN)C1CC1.Cl. The summed E-state index contributed by atoms with van der Waals surface area (Å²) in [7, 11) is 0. The van der Waals surface area contributed by atoms with Crippen LogP contribution in [0.25, 0.3) is 0 Å². The van der Waals surface area contributed by atoms with Crippen molar-refractivity contribution in [2.45, 2.75) is 31.9 Å². The van der Waals surface area contributed by atoms with Crippen LogP contribution in [0.3, 0.4) is 0 Å². The summed E-state index contributed by atoms with van der Waals surface area (Å²) in [5.74, 6) is 0.0705. The first-order valence-corrected chi connectivity index (χ1v) is 7.01. The van der Waals surface area contributed by atoms with Gasteiger partial charge < -0.3 is 15.8 Å². The van der Waals surface area contributed by atoms with Crippen LogP contribution < -0.4 is 15.8 Å². The molecule has 2 atom stereocenters. The van der Waals surface area contributed by atoms with Gasteiger partial charge in [-0.05, 0) is 43.9 Å². The second-order valence-corrected chi connectivity index (χ2v) is 5.43. The Morgan fingerprint density at radius 3 is 2.76 bits per heavy atom. The first-order valence-electron chi connectivity index (χ1n) is 6.63. The summed E-state index contributed by atoms with van der Waals surface area (Å²) in [6, 6.07) is 3.79. The van der Waals surface area contributed by atoms with Gasteiger partial charge >= 0.3 is 0 Å². The van der Waals surface area contributed by atoms with Crippen LogP contribution in [0.4, 0.5) is 4.39 Å². The van der Waals surface area contributed by atoms with E-state index in [2.05, 4.69) is 5.32 Å². The largest absolute Gasteiger partial charge is 0.479 e. The van der Waals surface area contributed by atoms with E-state index in [1.807, 2.05) is 0 Å². The van der Waals surface area contributed by atoms with Crippen molar-refractivity contribution >= 4 is 29.9 Å². The molecule has 1 aliphatic carbocycles. The number of halogens is 3. The van der Waals surface area contributed by atoms with E-state index in [-0.39, 0.29) is 35.1 Å². The molecule has 0 aromatic heterocycles. The number of amides is 1. The van der Waals surface area contributed by atoms with Gasteiger partial charge in [0.1, 0.15) is 11.6 Å². The number of hydrogen-bond acceptors (Lipinski definition) is 3. The molecule has 2 rings (SSSR count). The molecule has 0 radical (unpaired) electrons. The van der Waals surface area contributed by atoms with Crippen LogP contribution in [-0.4, -0.2) is 24.6 Å². The minimum absolute atomic E-state index is 0. The van der Waals surface area contributed by atoms with E-state index in [4.69, 9.17) is 22.1 Å². The van der Waals surface area contributed by atoms with E-state index in [0.29, 0.717) is 12.5 Å². The Morgan fingerprint density at radius 1 is 1.57 bits per heavy atom. The van der Waals surface area contributed by atoms with Gasteiger partial charge in [0.2, 0.25) is 0 Å². The van der Waals surface area contributed by atoms with E-state index in [1.54, 1.807) is 6.92 Å². The fourth-order valence-electron chi connectivity index (χ4n) is 1.98. The summed E-state index contributed by atoms with van der Waals surface area (Å²) in [6.45, 7) is 2.04. The summed E-state index contributed by atoms with van der Waals surface area (Å²) in [6.07, 6.45) is 1.48. The molecule has 1 saturated carbocycles. The second-order valence-electron chi connectivity index (χ2n) is 5.02. The maximum absolute atomic E-state index is 12.9. The first-order chi connectivity index (χ1) is 9.51. The molecule has 1 amide bonds. The summed E-state index contributed by atoms with van der Waals surface area (Å²) in [5.41, 5.74) is 5.64. The molecule has 0 heterocycles. The average molecular weight is 337 g/mol. The predicted molar refractivity (Wildman–Crippen MR) is 82.5 cm³/mol. The number of ether oxygens (including phenoxy) is 1. The number of carbonyl (C=O) groups is 1. The van der Waals surface area contributed by atoms with E-state index < -0.39 is 11.9 Å². The van der Waals surface area contributed by atoms with Crippen molar-refractivity contribution in [3.63, 3.8) is 0 Å². The Morgan fingerprint density at radius 2 is 2.24 bits per heavy atom. The van der Waals surface area contributed by atoms with Gasteiger partial charge in [-0.2, -0.15) is 0 Å². The molecular formula is C14H19Cl2FN2O2. The molecule has 2 unspecified atom stereocenters. The molecule has 4 nitrogen and oxygen atoms in total. The van der Waals surface area contributed by atoms with Crippen LogP contribution in [0.1, 0.15) is 19.8 Å². The van der Waals surface area contributed by atoms with E-state index in [9.17, 15) is 9.18 Å². The number of rotatable bonds is 6. The minimum atomic E-state index is -0.717. The average Bonchev–Trinajstić information content (AvgIpc) is 3.23. The lowest BCUT2D eigenvalue weighted by atomic mass is 10.2. The summed E-state index contributed by atoms with van der Waals surface area (Å²) in [4.78, 5) is 12.0. The van der Waals surface area contributed by atoms with Gasteiger partial charge in [0, 0.05) is 12.6 Å². The molecular weight excluding hydrogens is 318 g/mol. The van der Waals surface area contributed by atoms with Crippen molar-refractivity contribution in [1.82, 2.24) is 5.32 Å². The van der Waals surface area contributed by atoms with E-state index in [1.165, 1.54) is 12.1 Å². The highest BCUT2D eigenvalue weighted by molar-refractivity contribution is 6.32. The lowest BCUT2D eigenvalue weighted by molar-refractivity contribution is -0.128. The molecule has 21 heavy (non-hydrogen) atoms. The van der Waals surface area contributed by atoms with Crippen LogP contribution in [0.2, 0.25) is 5.02 Å². The second kappa shape index (κ2) is 7.82. The van der Waals surface area contributed by atoms with Crippen molar-refractivity contribution in [3.8, 4) is 5.75 Å². The van der Waals surface area contributed by atoms with Crippen molar-refractivity contribution in [2.24, 2.45) is 11.7 Å². The van der Waals surface area contributed by atoms with Gasteiger partial charge in [0.15, 0.2) is 6.10 Å². The van der Waals surface area contributed by atoms with Crippen molar-refractivity contribution in [2.75, 3.05) is 6.54 Å². The molecule has 1 aliphatic rings. The van der Waals surface area contributed by atoms with Crippen molar-refractivity contribution in [1.29, 1.82) is 0 Å². The third-order valence-electron chi connectivity index (χ3n) is 3.34. The molecule has 0 saturated heterocycles. The van der Waals surface area contributed by atoms with Gasteiger partial charge in [-0.15, -0.1) is 12.4 Å². The minimum Gasteiger partial charge on any atom is -0.479 e. The zero-order valence-corrected chi connectivity index (χ0v) is 13.2. The van der Waals surface area contributed by atoms with E-state index in [0.717, 1.165) is 18.9 Å². The molecule has 118 valence electrons. The Labute approximate surface area is 134 Å². The summed E-state index contributed by atoms with van der Waals surface area (Å²) >= 11 is 5.86. The molecule has 0 aliphatic heterocycles. The maximum atomic E-state index is 12.9. The molecule has 1 aromatic carbocycles. The zero-order valence-electron chi connectivity index (χ0n) is 11.6. The topological polar surface area (TPSA) is 64.3 Å². The Hall–Kier alpha value is -1.04. The molecule has 0 bridgehead atoms. The maximum Gasteiger partial charge on any atom is 0.261 e. The van der Waals surface area contributed by atoms with Crippen molar-refractivity contribution < 1.29 is 13.9 Å². The third-order valence-corrected chi connectivity index (χ3v) is 3.63. The lowest BCUT2D eigenvalue weighted by Gasteiger charge is -2.20. The standard InChI is InChI=1S/C14H18ClFN2O2.ClH/c1-8(14(19)18-12(7-17)9-2-3-9)20-13-5-4-10(16)6-11(13)15;/h4-6,8-9,12H,2-3,7,17H2,1H3,(H,18,19);1H. The fraction of sp³-hybridized carbons (Fsp3) is 0.500. The number of benzene rings is 1. The summed E-state index contributed by atoms with van der Waals surface area (Å²) < 4.78 is 18.4. The number of nitrogens with two attached hydrogens (primary N) is 1. The van der Waals surface area contributed by atoms with Crippen LogP contribution in [0, 0.1) is 11.7 Å². The van der Waals surface area contributed by atoms with Crippen LogP contribution in [-0.2, 0) is 4.79 Å². The predicted octanol–water partition coefficient (Wildman–Crippen LogP) is 2.52. The number of nitrogens with one attached hydrogen (secondary N) is 1. The smallest absolute Gasteiger partial charge is 0.261 e. The molecule has 3 N–H and O–H groups in total. The highest BCUT2D eigenvalue weighted by atomic mass is 35.5. The Balaban J connectivity index is 0.00000220. The van der Waals surface area contributed by atoms with Gasteiger partial charge in [0.25, 0.3) is 5.91 Å². The van der Waals surface area contributed by atoms with Crippen LogP contribution in [0.5, 0.6) is 5.75 Å². The molecule has 1 fully saturated rings. The highest BCUT2D eigenvalue weighted by Gasteiger charge is 2.32. The zero-order chi connectivity index (χ0) is 14.7. The van der Waals surface area contributed by atoms with Crippen molar-refractivity contribution in [3.05, 3.63) is 29.0 Å². The normalized spacial score (nSPS) is 16.6. The first kappa shape index (κ1) is 18.0. The monoisotopic (exact) mass is 336 g/mol. The molecule has 0 spiro atoms. The molecule has 7 heteroatoms. The Kier molecular flexibility index (Phi) is 6.71. The number of carbonyl (C=O) groups excluding carboxylic acids is 1. The van der Waals surface area contributed by atoms with E-state index >= 15 is 0 Å². The number of hydrogen-bond donors (Lipinski definition) is 2. The summed E-state index contributed by atoms with van der Waals surface area (Å²) in [5, 5.41) is 3.01. The lowest BCUT2D eigenvalue weighted by Crippen LogP contribution is -2.46. The quantitative estimate of drug-likeness (QED) is 0.838. The molecule has 1 aromatic rings. The van der Waals surface area contributed by atoms with Gasteiger partial charge in [-0.3, -0.25) is 4.79 Å². The Bertz CT molecular complexity index is 498. The fourth-order valence-corrected chi connectivity index (χ4v) is 2.19. The highest BCUT2D eigenvalue weighted by Crippen LogP contribution is 2.32. The van der Waals surface area contributed by atoms with Gasteiger partial charge in [-0.1, -0.05) is 11.6 Å². The van der Waals surface area contributed by atoms with Crippen LogP contribution in [0.15, 0.2) is 18.2 Å². The van der Waals surface area contributed by atoms with Gasteiger partial charge in [-0.25, -0.2) is 4.39 Å². The third kappa shape index (κ3) is 5.02. The van der Waals surface area contributed by atoms with Gasteiger partial charge in [0.05, 0.1) is 5.02 Å². The van der Waals surface area contributed by atoms with Crippen LogP contribution >= 0.6 is 24.0 Å².